The van der Waals surface area contributed by atoms with Crippen LogP contribution in [0.1, 0.15) is 33.1 Å². The number of hydrogen-bond acceptors (Lipinski definition) is 7. The topological polar surface area (TPSA) is 180 Å². The van der Waals surface area contributed by atoms with Gasteiger partial charge in [0.25, 0.3) is 0 Å². The van der Waals surface area contributed by atoms with Crippen molar-refractivity contribution in [3.8, 4) is 0 Å². The second-order valence-corrected chi connectivity index (χ2v) is 7.03. The van der Waals surface area contributed by atoms with Crippen molar-refractivity contribution in [3.05, 3.63) is 0 Å². The molecule has 30 heavy (non-hydrogen) atoms. The number of carbonyl (C=O) groups excluding carboxylic acids is 4. The van der Waals surface area contributed by atoms with Crippen LogP contribution in [0.5, 0.6) is 0 Å². The Morgan fingerprint density at radius 1 is 1.23 bits per heavy atom. The lowest BCUT2D eigenvalue weighted by Gasteiger charge is -2.28. The standard InChI is InChI=1S/C18H31N5O7/c1-3-11(2)16(18(29)21-10-30-9-15(26)27)22-17(28)12-5-4-6-23(12)14(25)8-20-13(24)7-19/h11-12,16H,3-10,19H2,1-2H3,(H,20,24)(H,21,29)(H,22,28)(H,26,27)/t11?,12-,16?/m0/s1. The van der Waals surface area contributed by atoms with Crippen molar-refractivity contribution in [2.45, 2.75) is 45.2 Å². The maximum absolute atomic E-state index is 12.8. The summed E-state index contributed by atoms with van der Waals surface area (Å²) in [7, 11) is 0. The van der Waals surface area contributed by atoms with Crippen molar-refractivity contribution < 1.29 is 33.8 Å². The zero-order valence-electron chi connectivity index (χ0n) is 17.3. The van der Waals surface area contributed by atoms with Crippen molar-refractivity contribution in [3.63, 3.8) is 0 Å². The SMILES string of the molecule is CCC(C)C(NC(=O)[C@@H]1CCCN1C(=O)CNC(=O)CN)C(=O)NCOCC(=O)O. The number of amides is 4. The van der Waals surface area contributed by atoms with Gasteiger partial charge in [-0.3, -0.25) is 19.2 Å². The van der Waals surface area contributed by atoms with Crippen LogP contribution in [0.15, 0.2) is 0 Å². The molecule has 1 saturated heterocycles. The molecule has 6 N–H and O–H groups in total. The highest BCUT2D eigenvalue weighted by atomic mass is 16.5. The molecule has 2 unspecified atom stereocenters. The third kappa shape index (κ3) is 7.95. The molecule has 1 heterocycles. The first-order chi connectivity index (χ1) is 14.2. The van der Waals surface area contributed by atoms with E-state index in [1.165, 1.54) is 4.90 Å². The predicted molar refractivity (Wildman–Crippen MR) is 105 cm³/mol. The van der Waals surface area contributed by atoms with Gasteiger partial charge in [-0.1, -0.05) is 20.3 Å². The number of carboxylic acids is 1. The van der Waals surface area contributed by atoms with Gasteiger partial charge in [-0.15, -0.1) is 0 Å². The number of ether oxygens (including phenoxy) is 1. The number of carboxylic acid groups (broad SMARTS) is 1. The van der Waals surface area contributed by atoms with Gasteiger partial charge in [0.2, 0.25) is 23.6 Å². The summed E-state index contributed by atoms with van der Waals surface area (Å²) in [6.07, 6.45) is 1.67. The summed E-state index contributed by atoms with van der Waals surface area (Å²) in [4.78, 5) is 60.7. The van der Waals surface area contributed by atoms with Crippen LogP contribution in [0.3, 0.4) is 0 Å². The van der Waals surface area contributed by atoms with Crippen LogP contribution < -0.4 is 21.7 Å². The lowest BCUT2D eigenvalue weighted by atomic mass is 9.97. The van der Waals surface area contributed by atoms with E-state index in [0.717, 1.165) is 0 Å². The van der Waals surface area contributed by atoms with Gasteiger partial charge >= 0.3 is 5.97 Å². The summed E-state index contributed by atoms with van der Waals surface area (Å²) in [6, 6.07) is -1.61. The Labute approximate surface area is 174 Å². The zero-order valence-corrected chi connectivity index (χ0v) is 17.3. The first-order valence-corrected chi connectivity index (χ1v) is 9.85. The maximum Gasteiger partial charge on any atom is 0.329 e. The molecule has 0 aromatic heterocycles. The third-order valence-electron chi connectivity index (χ3n) is 4.87. The van der Waals surface area contributed by atoms with Crippen molar-refractivity contribution in [1.82, 2.24) is 20.9 Å². The first-order valence-electron chi connectivity index (χ1n) is 9.85. The lowest BCUT2D eigenvalue weighted by Crippen LogP contribution is -2.56. The molecular weight excluding hydrogens is 398 g/mol. The van der Waals surface area contributed by atoms with Crippen molar-refractivity contribution in [1.29, 1.82) is 0 Å². The molecule has 0 aromatic carbocycles. The first kappa shape index (κ1) is 25.3. The average Bonchev–Trinajstić information content (AvgIpc) is 3.22. The third-order valence-corrected chi connectivity index (χ3v) is 4.87. The molecule has 3 atom stereocenters. The summed E-state index contributed by atoms with van der Waals surface area (Å²) in [5.41, 5.74) is 5.19. The number of nitrogens with two attached hydrogens (primary N) is 1. The largest absolute Gasteiger partial charge is 0.480 e. The van der Waals surface area contributed by atoms with Gasteiger partial charge in [-0.25, -0.2) is 4.79 Å². The Morgan fingerprint density at radius 2 is 1.93 bits per heavy atom. The van der Waals surface area contributed by atoms with Gasteiger partial charge in [0.05, 0.1) is 13.1 Å². The van der Waals surface area contributed by atoms with E-state index < -0.39 is 48.3 Å². The second-order valence-electron chi connectivity index (χ2n) is 7.03. The van der Waals surface area contributed by atoms with Crippen molar-refractivity contribution in [2.24, 2.45) is 11.7 Å². The number of likely N-dealkylation sites (tertiary alicyclic amines) is 1. The quantitative estimate of drug-likeness (QED) is 0.170. The van der Waals surface area contributed by atoms with E-state index in [0.29, 0.717) is 25.8 Å². The van der Waals surface area contributed by atoms with E-state index in [4.69, 9.17) is 15.6 Å². The molecule has 0 saturated carbocycles. The van der Waals surface area contributed by atoms with Gasteiger partial charge in [0.1, 0.15) is 25.4 Å². The molecule has 1 rings (SSSR count). The Kier molecular flexibility index (Phi) is 10.8. The molecular formula is C18H31N5O7. The number of nitrogens with one attached hydrogen (secondary N) is 3. The Balaban J connectivity index is 2.70. The Morgan fingerprint density at radius 3 is 2.53 bits per heavy atom. The number of aliphatic carboxylic acids is 1. The minimum absolute atomic E-state index is 0.206. The molecule has 170 valence electrons. The van der Waals surface area contributed by atoms with Gasteiger partial charge in [-0.2, -0.15) is 0 Å². The summed E-state index contributed by atoms with van der Waals surface area (Å²) >= 11 is 0. The van der Waals surface area contributed by atoms with E-state index in [1.54, 1.807) is 6.92 Å². The molecule has 4 amide bonds. The molecule has 0 radical (unpaired) electrons. The average molecular weight is 429 g/mol. The van der Waals surface area contributed by atoms with Crippen LogP contribution in [-0.4, -0.2) is 84.7 Å². The molecule has 1 fully saturated rings. The highest BCUT2D eigenvalue weighted by Crippen LogP contribution is 2.18. The van der Waals surface area contributed by atoms with Crippen LogP contribution in [0.25, 0.3) is 0 Å². The fourth-order valence-electron chi connectivity index (χ4n) is 3.01. The van der Waals surface area contributed by atoms with E-state index in [9.17, 15) is 24.0 Å². The summed E-state index contributed by atoms with van der Waals surface area (Å²) < 4.78 is 4.80. The van der Waals surface area contributed by atoms with E-state index >= 15 is 0 Å². The van der Waals surface area contributed by atoms with E-state index in [-0.39, 0.29) is 25.7 Å². The molecule has 0 aromatic rings. The number of rotatable bonds is 12. The van der Waals surface area contributed by atoms with Crippen LogP contribution in [-0.2, 0) is 28.7 Å². The molecule has 1 aliphatic heterocycles. The second kappa shape index (κ2) is 12.8. The molecule has 0 aliphatic carbocycles. The number of nitrogens with zero attached hydrogens (tertiary/aromatic N) is 1. The minimum atomic E-state index is -1.16. The summed E-state index contributed by atoms with van der Waals surface area (Å²) in [5.74, 6) is -3.21. The minimum Gasteiger partial charge on any atom is -0.480 e. The van der Waals surface area contributed by atoms with E-state index in [2.05, 4.69) is 16.0 Å². The summed E-state index contributed by atoms with van der Waals surface area (Å²) in [6.45, 7) is 2.68. The lowest BCUT2D eigenvalue weighted by molar-refractivity contribution is -0.144. The predicted octanol–water partition coefficient (Wildman–Crippen LogP) is -2.24. The number of hydrogen-bond donors (Lipinski definition) is 5. The molecule has 12 heteroatoms. The monoisotopic (exact) mass is 429 g/mol. The molecule has 0 spiro atoms. The van der Waals surface area contributed by atoms with Gasteiger partial charge in [0, 0.05) is 6.54 Å². The molecule has 1 aliphatic rings. The van der Waals surface area contributed by atoms with Crippen LogP contribution in [0, 0.1) is 5.92 Å². The van der Waals surface area contributed by atoms with Gasteiger partial charge in [0.15, 0.2) is 0 Å². The van der Waals surface area contributed by atoms with Gasteiger partial charge in [-0.05, 0) is 18.8 Å². The highest BCUT2D eigenvalue weighted by Gasteiger charge is 2.36. The number of carbonyl (C=O) groups is 5. The molecule has 0 bridgehead atoms. The zero-order chi connectivity index (χ0) is 22.7. The maximum atomic E-state index is 12.8. The Hall–Kier alpha value is -2.73. The Bertz CT molecular complexity index is 642. The fraction of sp³-hybridized carbons (Fsp3) is 0.722. The highest BCUT2D eigenvalue weighted by molar-refractivity contribution is 5.93. The summed E-state index contributed by atoms with van der Waals surface area (Å²) in [5, 5.41) is 16.1. The fourth-order valence-corrected chi connectivity index (χ4v) is 3.01. The van der Waals surface area contributed by atoms with Crippen LogP contribution in [0.2, 0.25) is 0 Å². The van der Waals surface area contributed by atoms with E-state index in [1.807, 2.05) is 6.92 Å². The normalized spacial score (nSPS) is 17.7. The van der Waals surface area contributed by atoms with Crippen LogP contribution in [0.4, 0.5) is 0 Å². The van der Waals surface area contributed by atoms with Crippen LogP contribution >= 0.6 is 0 Å². The van der Waals surface area contributed by atoms with Gasteiger partial charge < -0.3 is 36.4 Å². The smallest absolute Gasteiger partial charge is 0.329 e. The van der Waals surface area contributed by atoms with Crippen molar-refractivity contribution >= 4 is 29.6 Å². The van der Waals surface area contributed by atoms with Crippen molar-refractivity contribution in [2.75, 3.05) is 33.0 Å². The molecule has 12 nitrogen and oxygen atoms in total.